The van der Waals surface area contributed by atoms with Gasteiger partial charge in [0.2, 0.25) is 11.8 Å². The van der Waals surface area contributed by atoms with Gasteiger partial charge in [0.25, 0.3) is 0 Å². The Hall–Kier alpha value is -3.97. The Bertz CT molecular complexity index is 1330. The fourth-order valence-corrected chi connectivity index (χ4v) is 5.37. The smallest absolute Gasteiger partial charge is 0.444 e. The molecule has 14 nitrogen and oxygen atoms in total. The van der Waals surface area contributed by atoms with Crippen LogP contribution in [0.4, 0.5) is 9.59 Å². The van der Waals surface area contributed by atoms with Crippen LogP contribution in [0.15, 0.2) is 60.7 Å². The maximum Gasteiger partial charge on any atom is 0.474 e. The molecule has 4 amide bonds. The van der Waals surface area contributed by atoms with Crippen LogP contribution in [0.1, 0.15) is 66.5 Å². The molecular weight excluding hydrogens is 667 g/mol. The van der Waals surface area contributed by atoms with Gasteiger partial charge < -0.3 is 30.7 Å². The lowest BCUT2D eigenvalue weighted by Crippen LogP contribution is -2.51. The van der Waals surface area contributed by atoms with Gasteiger partial charge in [-0.2, -0.15) is 0 Å². The Labute approximate surface area is 295 Å². The van der Waals surface area contributed by atoms with Crippen molar-refractivity contribution in [1.29, 1.82) is 0 Å². The minimum absolute atomic E-state index is 0.280. The fourth-order valence-electron chi connectivity index (χ4n) is 4.36. The van der Waals surface area contributed by atoms with Crippen molar-refractivity contribution in [3.8, 4) is 0 Å². The summed E-state index contributed by atoms with van der Waals surface area (Å²) < 4.78 is 40.7. The van der Waals surface area contributed by atoms with E-state index in [9.17, 15) is 23.7 Å². The van der Waals surface area contributed by atoms with Gasteiger partial charge in [0.1, 0.15) is 23.3 Å². The van der Waals surface area contributed by atoms with Crippen molar-refractivity contribution in [2.24, 2.45) is 0 Å². The van der Waals surface area contributed by atoms with Gasteiger partial charge in [-0.15, -0.1) is 0 Å². The zero-order valence-corrected chi connectivity index (χ0v) is 31.3. The van der Waals surface area contributed by atoms with Crippen LogP contribution in [0, 0.1) is 0 Å². The van der Waals surface area contributed by atoms with Crippen molar-refractivity contribution < 1.29 is 46.8 Å². The van der Waals surface area contributed by atoms with Crippen LogP contribution in [0.25, 0.3) is 0 Å². The van der Waals surface area contributed by atoms with Crippen molar-refractivity contribution in [2.75, 3.05) is 20.3 Å². The second-order valence-corrected chi connectivity index (χ2v) is 15.5. The lowest BCUT2D eigenvalue weighted by atomic mass is 10.1. The molecule has 0 bridgehead atoms. The average molecular weight is 721 g/mol. The van der Waals surface area contributed by atoms with Gasteiger partial charge in [-0.25, -0.2) is 14.2 Å². The Morgan fingerprint density at radius 3 is 1.26 bits per heavy atom. The van der Waals surface area contributed by atoms with Crippen LogP contribution < -0.4 is 21.3 Å². The molecule has 0 spiro atoms. The van der Waals surface area contributed by atoms with Crippen LogP contribution in [0.2, 0.25) is 0 Å². The average Bonchev–Trinajstić information content (AvgIpc) is 3.01. The number of rotatable bonds is 17. The predicted molar refractivity (Wildman–Crippen MR) is 188 cm³/mol. The normalized spacial score (nSPS) is 14.3. The standard InChI is InChI=1S/C35H53N4O10P/c1-24(36-32(42)48-34(3,4)5)30(40)38-28(20-26-16-12-10-13-17-26)22-46-50(44,45-9)47-23-29(21-27-18-14-11-15-19-27)39-31(41)25(2)37-33(43)49-35(6,7)8/h10-19,24-25,28-29H,20-23H2,1-9H3,(H,36,42)(H,37,43)(H,38,40)(H,39,41)/t24-,25-,28-,29-/m0/s1. The quantitative estimate of drug-likeness (QED) is 0.162. The molecule has 0 heterocycles. The lowest BCUT2D eigenvalue weighted by Gasteiger charge is -2.26. The highest BCUT2D eigenvalue weighted by Crippen LogP contribution is 2.48. The van der Waals surface area contributed by atoms with Crippen LogP contribution in [0.3, 0.4) is 0 Å². The highest BCUT2D eigenvalue weighted by molar-refractivity contribution is 7.48. The first kappa shape index (κ1) is 42.2. The van der Waals surface area contributed by atoms with Crippen molar-refractivity contribution in [3.05, 3.63) is 71.8 Å². The second-order valence-electron chi connectivity index (χ2n) is 13.7. The van der Waals surface area contributed by atoms with Crippen LogP contribution in [-0.2, 0) is 50.0 Å². The van der Waals surface area contributed by atoms with Crippen LogP contribution in [-0.4, -0.2) is 79.7 Å². The number of phosphoric acid groups is 1. The predicted octanol–water partition coefficient (Wildman–Crippen LogP) is 5.06. The minimum atomic E-state index is -4.23. The molecule has 0 unspecified atom stereocenters. The molecule has 2 aromatic carbocycles. The van der Waals surface area contributed by atoms with Crippen molar-refractivity contribution in [3.63, 3.8) is 0 Å². The Balaban J connectivity index is 2.14. The number of nitrogens with one attached hydrogen (secondary N) is 4. The first-order valence-corrected chi connectivity index (χ1v) is 17.9. The molecule has 278 valence electrons. The number of phosphoric ester groups is 1. The van der Waals surface area contributed by atoms with Crippen molar-refractivity contribution in [2.45, 2.75) is 104 Å². The first-order chi connectivity index (χ1) is 23.3. The van der Waals surface area contributed by atoms with Gasteiger partial charge in [-0.05, 0) is 79.4 Å². The van der Waals surface area contributed by atoms with E-state index in [4.69, 9.17) is 23.0 Å². The number of amides is 4. The molecule has 2 aromatic rings. The maximum atomic E-state index is 13.7. The number of alkyl carbamates (subject to hydrolysis) is 2. The van der Waals surface area contributed by atoms with E-state index in [0.29, 0.717) is 12.8 Å². The van der Waals surface area contributed by atoms with Gasteiger partial charge in [0.15, 0.2) is 0 Å². The summed E-state index contributed by atoms with van der Waals surface area (Å²) in [7, 11) is -3.06. The number of hydrogen-bond acceptors (Lipinski definition) is 10. The van der Waals surface area contributed by atoms with E-state index in [1.54, 1.807) is 41.5 Å². The van der Waals surface area contributed by atoms with Gasteiger partial charge in [-0.3, -0.25) is 23.2 Å². The first-order valence-electron chi connectivity index (χ1n) is 16.4. The highest BCUT2D eigenvalue weighted by Gasteiger charge is 2.31. The fraction of sp³-hybridized carbons (Fsp3) is 0.543. The monoisotopic (exact) mass is 720 g/mol. The summed E-state index contributed by atoms with van der Waals surface area (Å²) in [5.74, 6) is -1.04. The molecule has 0 saturated heterocycles. The summed E-state index contributed by atoms with van der Waals surface area (Å²) >= 11 is 0. The molecule has 0 aliphatic heterocycles. The zero-order valence-electron chi connectivity index (χ0n) is 30.4. The molecular formula is C35H53N4O10P. The molecule has 0 radical (unpaired) electrons. The SMILES string of the molecule is COP(=O)(OC[C@H](Cc1ccccc1)NC(=O)[C@H](C)NC(=O)OC(C)(C)C)OC[C@H](Cc1ccccc1)NC(=O)[C@H](C)NC(=O)OC(C)(C)C. The number of benzene rings is 2. The Kier molecular flexibility index (Phi) is 16.4. The third kappa shape index (κ3) is 17.1. The molecule has 4 N–H and O–H groups in total. The van der Waals surface area contributed by atoms with Crippen LogP contribution >= 0.6 is 7.82 Å². The molecule has 4 atom stereocenters. The number of hydrogen-bond donors (Lipinski definition) is 4. The number of carbonyl (C=O) groups is 4. The van der Waals surface area contributed by atoms with Gasteiger partial charge in [-0.1, -0.05) is 60.7 Å². The topological polar surface area (TPSA) is 180 Å². The summed E-state index contributed by atoms with van der Waals surface area (Å²) in [6.45, 7) is 12.7. The van der Waals surface area contributed by atoms with Gasteiger partial charge in [0.05, 0.1) is 25.3 Å². The van der Waals surface area contributed by atoms with E-state index in [-0.39, 0.29) is 13.2 Å². The third-order valence-electron chi connectivity index (χ3n) is 6.69. The Morgan fingerprint density at radius 1 is 0.620 bits per heavy atom. The van der Waals surface area contributed by atoms with E-state index in [0.717, 1.165) is 18.2 Å². The lowest BCUT2D eigenvalue weighted by molar-refractivity contribution is -0.124. The minimum Gasteiger partial charge on any atom is -0.444 e. The molecule has 15 heteroatoms. The van der Waals surface area contributed by atoms with E-state index < -0.39 is 67.2 Å². The van der Waals surface area contributed by atoms with Crippen molar-refractivity contribution >= 4 is 31.8 Å². The van der Waals surface area contributed by atoms with E-state index in [1.165, 1.54) is 13.8 Å². The molecule has 0 saturated carbocycles. The summed E-state index contributed by atoms with van der Waals surface area (Å²) in [5.41, 5.74) is 0.233. The van der Waals surface area contributed by atoms with Gasteiger partial charge >= 0.3 is 20.0 Å². The number of carbonyl (C=O) groups excluding carboxylic acids is 4. The summed E-state index contributed by atoms with van der Waals surface area (Å²) in [4.78, 5) is 50.6. The number of ether oxygens (including phenoxy) is 2. The molecule has 0 aromatic heterocycles. The molecule has 2 rings (SSSR count). The summed E-state index contributed by atoms with van der Waals surface area (Å²) in [6, 6.07) is 15.2. The van der Waals surface area contributed by atoms with Gasteiger partial charge in [0, 0.05) is 7.11 Å². The molecule has 0 fully saturated rings. The van der Waals surface area contributed by atoms with E-state index in [1.807, 2.05) is 60.7 Å². The maximum absolute atomic E-state index is 13.7. The highest BCUT2D eigenvalue weighted by atomic mass is 31.2. The van der Waals surface area contributed by atoms with E-state index >= 15 is 0 Å². The van der Waals surface area contributed by atoms with Crippen molar-refractivity contribution in [1.82, 2.24) is 21.3 Å². The Morgan fingerprint density at radius 2 is 0.960 bits per heavy atom. The summed E-state index contributed by atoms with van der Waals surface area (Å²) in [6.07, 6.45) is -0.907. The molecule has 50 heavy (non-hydrogen) atoms. The largest absolute Gasteiger partial charge is 0.474 e. The molecule has 0 aliphatic carbocycles. The third-order valence-corrected chi connectivity index (χ3v) is 8.06. The second kappa shape index (κ2) is 19.4. The van der Waals surface area contributed by atoms with E-state index in [2.05, 4.69) is 21.3 Å². The molecule has 0 aliphatic rings. The summed E-state index contributed by atoms with van der Waals surface area (Å²) in [5, 5.41) is 10.7. The zero-order chi connectivity index (χ0) is 37.5. The van der Waals surface area contributed by atoms with Crippen LogP contribution in [0.5, 0.6) is 0 Å².